The zero-order valence-electron chi connectivity index (χ0n) is 23.4. The van der Waals surface area contributed by atoms with Gasteiger partial charge in [0, 0.05) is 19.5 Å². The van der Waals surface area contributed by atoms with Gasteiger partial charge in [0.1, 0.15) is 29.4 Å². The van der Waals surface area contributed by atoms with Crippen LogP contribution in [0.2, 0.25) is 0 Å². The van der Waals surface area contributed by atoms with Crippen molar-refractivity contribution in [3.63, 3.8) is 0 Å². The number of hydrogen-bond donors (Lipinski definition) is 6. The predicted molar refractivity (Wildman–Crippen MR) is 145 cm³/mol. The normalized spacial score (nSPS) is 23.3. The van der Waals surface area contributed by atoms with E-state index in [2.05, 4.69) is 5.32 Å². The monoisotopic (exact) mass is 577 g/mol. The van der Waals surface area contributed by atoms with Crippen molar-refractivity contribution in [2.24, 2.45) is 5.73 Å². The Morgan fingerprint density at radius 1 is 1.07 bits per heavy atom. The predicted octanol–water partition coefficient (Wildman–Crippen LogP) is -1.04. The number of nitrogens with one attached hydrogen (secondary N) is 2. The molecule has 2 aliphatic heterocycles. The molecule has 226 valence electrons. The molecule has 0 aliphatic carbocycles. The Kier molecular flexibility index (Phi) is 10.2. The van der Waals surface area contributed by atoms with E-state index < -0.39 is 65.6 Å². The molecule has 1 aromatic rings. The first-order chi connectivity index (χ1) is 19.3. The third kappa shape index (κ3) is 6.88. The van der Waals surface area contributed by atoms with Crippen molar-refractivity contribution < 1.29 is 44.0 Å². The number of ether oxygens (including phenoxy) is 1. The lowest BCUT2D eigenvalue weighted by atomic mass is 9.86. The van der Waals surface area contributed by atoms with Gasteiger partial charge in [0.2, 0.25) is 23.6 Å². The van der Waals surface area contributed by atoms with Crippen molar-refractivity contribution in [2.45, 2.75) is 81.8 Å². The number of likely N-dealkylation sites (tertiary alicyclic amines) is 2. The molecule has 7 N–H and O–H groups in total. The highest BCUT2D eigenvalue weighted by atomic mass is 16.5. The van der Waals surface area contributed by atoms with E-state index in [1.807, 2.05) is 5.32 Å². The molecule has 14 nitrogen and oxygen atoms in total. The Bertz CT molecular complexity index is 1160. The van der Waals surface area contributed by atoms with Crippen molar-refractivity contribution in [3.8, 4) is 5.75 Å². The molecule has 2 saturated heterocycles. The Labute approximate surface area is 237 Å². The number of carbonyl (C=O) groups is 5. The molecule has 0 bridgehead atoms. The van der Waals surface area contributed by atoms with E-state index >= 15 is 0 Å². The second-order valence-electron chi connectivity index (χ2n) is 10.6. The number of aliphatic hydroxyl groups is 2. The van der Waals surface area contributed by atoms with Gasteiger partial charge in [0.25, 0.3) is 0 Å². The van der Waals surface area contributed by atoms with Crippen LogP contribution in [0.4, 0.5) is 4.79 Å². The summed E-state index contributed by atoms with van der Waals surface area (Å²) in [7, 11) is 1.50. The first-order valence-corrected chi connectivity index (χ1v) is 13.5. The van der Waals surface area contributed by atoms with Crippen molar-refractivity contribution in [1.29, 1.82) is 0 Å². The molecule has 14 heteroatoms. The van der Waals surface area contributed by atoms with Crippen LogP contribution in [-0.4, -0.2) is 111 Å². The average molecular weight is 578 g/mol. The van der Waals surface area contributed by atoms with Crippen LogP contribution in [0.5, 0.6) is 5.75 Å². The van der Waals surface area contributed by atoms with Gasteiger partial charge in [-0.15, -0.1) is 0 Å². The fourth-order valence-electron chi connectivity index (χ4n) is 5.69. The van der Waals surface area contributed by atoms with Gasteiger partial charge in [-0.05, 0) is 57.2 Å². The lowest BCUT2D eigenvalue weighted by Gasteiger charge is -2.41. The summed E-state index contributed by atoms with van der Waals surface area (Å²) in [6.07, 6.45) is -2.71. The third-order valence-electron chi connectivity index (χ3n) is 7.73. The molecule has 0 spiro atoms. The first-order valence-electron chi connectivity index (χ1n) is 13.5. The van der Waals surface area contributed by atoms with Gasteiger partial charge >= 0.3 is 6.09 Å². The number of carboxylic acid groups (broad SMARTS) is 1. The largest absolute Gasteiger partial charge is 0.497 e. The summed E-state index contributed by atoms with van der Waals surface area (Å²) in [4.78, 5) is 67.3. The smallest absolute Gasteiger partial charge is 0.405 e. The van der Waals surface area contributed by atoms with E-state index in [1.54, 1.807) is 24.3 Å². The number of nitrogens with zero attached hydrogens (tertiary/aromatic N) is 2. The van der Waals surface area contributed by atoms with Crippen LogP contribution < -0.4 is 21.1 Å². The summed E-state index contributed by atoms with van der Waals surface area (Å²) in [5.41, 5.74) is 4.61. The van der Waals surface area contributed by atoms with Crippen LogP contribution in [0.3, 0.4) is 0 Å². The number of benzene rings is 1. The maximum Gasteiger partial charge on any atom is 0.405 e. The fourth-order valence-corrected chi connectivity index (χ4v) is 5.69. The van der Waals surface area contributed by atoms with Gasteiger partial charge in [0.15, 0.2) is 0 Å². The highest BCUT2D eigenvalue weighted by molar-refractivity contribution is 5.98. The number of primary amides is 1. The fraction of sp³-hybridized carbons (Fsp3) is 0.593. The van der Waals surface area contributed by atoms with Crippen molar-refractivity contribution in [1.82, 2.24) is 20.4 Å². The highest BCUT2D eigenvalue weighted by Gasteiger charge is 2.53. The SMILES string of the molecule is COc1cccc(CC2(C(=O)N[C@H](C(N)=O)[C@@H](C)O)CCCN2C(=O)[C@@H]2CCCN2C(=O)[C@@H](NC(=O)O)[C@@H](C)O)c1. The molecule has 0 saturated carbocycles. The summed E-state index contributed by atoms with van der Waals surface area (Å²) < 4.78 is 5.32. The van der Waals surface area contributed by atoms with Gasteiger partial charge in [-0.3, -0.25) is 19.2 Å². The van der Waals surface area contributed by atoms with Crippen LogP contribution in [0.15, 0.2) is 24.3 Å². The zero-order chi connectivity index (χ0) is 30.5. The van der Waals surface area contributed by atoms with E-state index in [0.29, 0.717) is 24.2 Å². The van der Waals surface area contributed by atoms with Crippen molar-refractivity contribution >= 4 is 29.7 Å². The molecule has 3 rings (SSSR count). The topological polar surface area (TPSA) is 212 Å². The van der Waals surface area contributed by atoms with Gasteiger partial charge < -0.3 is 46.2 Å². The number of aliphatic hydroxyl groups excluding tert-OH is 2. The third-order valence-corrected chi connectivity index (χ3v) is 7.73. The van der Waals surface area contributed by atoms with Gasteiger partial charge in [-0.2, -0.15) is 0 Å². The van der Waals surface area contributed by atoms with E-state index in [4.69, 9.17) is 15.6 Å². The Morgan fingerprint density at radius 2 is 1.76 bits per heavy atom. The Morgan fingerprint density at radius 3 is 2.34 bits per heavy atom. The summed E-state index contributed by atoms with van der Waals surface area (Å²) >= 11 is 0. The molecular weight excluding hydrogens is 538 g/mol. The molecule has 1 unspecified atom stereocenters. The second kappa shape index (κ2) is 13.2. The van der Waals surface area contributed by atoms with Gasteiger partial charge in [0.05, 0.1) is 19.3 Å². The number of carbonyl (C=O) groups excluding carboxylic acids is 4. The van der Waals surface area contributed by atoms with E-state index in [9.17, 15) is 34.2 Å². The standard InChI is InChI=1S/C27H39N5O9/c1-15(33)20(22(28)35)29-25(38)27(14-17-7-4-8-18(13-17)41-3)10-6-12-32(27)23(36)19-9-5-11-31(19)24(37)21(16(2)34)30-26(39)40/h4,7-8,13,15-16,19-21,30,33-34H,5-6,9-12,14H2,1-3H3,(H2,28,35)(H,29,38)(H,39,40)/t15-,16-,19+,20+,21+,27?/m1/s1. The van der Waals surface area contributed by atoms with Gasteiger partial charge in [-0.1, -0.05) is 12.1 Å². The minimum atomic E-state index is -1.50. The summed E-state index contributed by atoms with van der Waals surface area (Å²) in [5.74, 6) is -2.35. The van der Waals surface area contributed by atoms with Crippen LogP contribution >= 0.6 is 0 Å². The molecule has 0 aromatic heterocycles. The maximum absolute atomic E-state index is 14.2. The summed E-state index contributed by atoms with van der Waals surface area (Å²) in [6, 6.07) is 3.09. The van der Waals surface area contributed by atoms with Crippen molar-refractivity contribution in [3.05, 3.63) is 29.8 Å². The number of methoxy groups -OCH3 is 1. The first kappa shape index (κ1) is 31.6. The summed E-state index contributed by atoms with van der Waals surface area (Å²) in [5, 5.41) is 33.9. The van der Waals surface area contributed by atoms with E-state index in [1.165, 1.54) is 30.8 Å². The minimum absolute atomic E-state index is 0.0462. The van der Waals surface area contributed by atoms with Crippen LogP contribution in [0.1, 0.15) is 45.1 Å². The van der Waals surface area contributed by atoms with Crippen molar-refractivity contribution in [2.75, 3.05) is 20.2 Å². The maximum atomic E-state index is 14.2. The molecule has 2 fully saturated rings. The number of amides is 5. The highest BCUT2D eigenvalue weighted by Crippen LogP contribution is 2.36. The Balaban J connectivity index is 2.00. The van der Waals surface area contributed by atoms with Crippen LogP contribution in [0, 0.1) is 0 Å². The molecule has 2 aliphatic rings. The molecule has 41 heavy (non-hydrogen) atoms. The number of nitrogens with two attached hydrogens (primary N) is 1. The summed E-state index contributed by atoms with van der Waals surface area (Å²) in [6.45, 7) is 2.92. The average Bonchev–Trinajstić information content (AvgIpc) is 3.57. The quantitative estimate of drug-likeness (QED) is 0.189. The Hall–Kier alpha value is -3.91. The van der Waals surface area contributed by atoms with Crippen LogP contribution in [0.25, 0.3) is 0 Å². The minimum Gasteiger partial charge on any atom is -0.497 e. The number of hydrogen-bond acceptors (Lipinski definition) is 8. The van der Waals surface area contributed by atoms with Crippen LogP contribution in [-0.2, 0) is 25.6 Å². The number of rotatable bonds is 11. The lowest BCUT2D eigenvalue weighted by molar-refractivity contribution is -0.153. The lowest BCUT2D eigenvalue weighted by Crippen LogP contribution is -2.65. The molecule has 6 atom stereocenters. The molecule has 5 amide bonds. The molecule has 1 aromatic carbocycles. The molecule has 2 heterocycles. The van der Waals surface area contributed by atoms with E-state index in [0.717, 1.165) is 0 Å². The molecular formula is C27H39N5O9. The second-order valence-corrected chi connectivity index (χ2v) is 10.6. The zero-order valence-corrected chi connectivity index (χ0v) is 23.4. The van der Waals surface area contributed by atoms with E-state index in [-0.39, 0.29) is 32.4 Å². The van der Waals surface area contributed by atoms with Gasteiger partial charge in [-0.25, -0.2) is 4.79 Å². The molecule has 0 radical (unpaired) electrons.